The summed E-state index contributed by atoms with van der Waals surface area (Å²) >= 11 is 0. The number of anilines is 2. The topological polar surface area (TPSA) is 49.5 Å². The van der Waals surface area contributed by atoms with E-state index in [2.05, 4.69) is 47.8 Å². The van der Waals surface area contributed by atoms with E-state index >= 15 is 0 Å². The molecule has 0 atom stereocenters. The van der Waals surface area contributed by atoms with Crippen molar-refractivity contribution in [2.24, 2.45) is 0 Å². The van der Waals surface area contributed by atoms with Crippen LogP contribution in [-0.4, -0.2) is 78.4 Å². The van der Waals surface area contributed by atoms with Crippen LogP contribution in [0.15, 0.2) is 18.2 Å². The first-order valence-electron chi connectivity index (χ1n) is 10.1. The van der Waals surface area contributed by atoms with Gasteiger partial charge in [-0.05, 0) is 12.1 Å². The molecule has 138 valence electrons. The Morgan fingerprint density at radius 2 is 1.23 bits per heavy atom. The standard InChI is InChI=1S/C19H27N7/c1-6-16(25-14-4-12-23-10-2-8-20-18(23)25)22-17(7-1)26-15-5-13-24-11-3-9-21-19(24)26/h1,6-7H,2-5,8-15H2/p+2. The van der Waals surface area contributed by atoms with Crippen LogP contribution in [0.5, 0.6) is 0 Å². The summed E-state index contributed by atoms with van der Waals surface area (Å²) in [5.41, 5.74) is 0. The Hall–Kier alpha value is -2.31. The van der Waals surface area contributed by atoms with Crippen molar-refractivity contribution in [3.05, 3.63) is 18.2 Å². The van der Waals surface area contributed by atoms with Crippen LogP contribution < -0.4 is 20.4 Å². The normalized spacial score (nSPS) is 23.2. The Balaban J connectivity index is 1.48. The Morgan fingerprint density at radius 1 is 0.731 bits per heavy atom. The molecule has 0 saturated carbocycles. The molecule has 26 heavy (non-hydrogen) atoms. The molecule has 5 rings (SSSR count). The molecule has 0 aromatic carbocycles. The lowest BCUT2D eigenvalue weighted by Crippen LogP contribution is -2.56. The molecular weight excluding hydrogens is 326 g/mol. The van der Waals surface area contributed by atoms with Crippen LogP contribution in [-0.2, 0) is 0 Å². The molecule has 5 heterocycles. The minimum Gasteiger partial charge on any atom is -0.277 e. The second-order valence-corrected chi connectivity index (χ2v) is 7.55. The Labute approximate surface area is 155 Å². The zero-order valence-electron chi connectivity index (χ0n) is 15.5. The smallest absolute Gasteiger partial charge is 0.277 e. The molecule has 1 aromatic heterocycles. The molecular formula is C19H29N7+2. The molecule has 0 saturated heterocycles. The maximum atomic E-state index is 5.08. The summed E-state index contributed by atoms with van der Waals surface area (Å²) < 4.78 is 4.95. The summed E-state index contributed by atoms with van der Waals surface area (Å²) in [4.78, 5) is 9.81. The van der Waals surface area contributed by atoms with E-state index < -0.39 is 0 Å². The van der Waals surface area contributed by atoms with Crippen molar-refractivity contribution in [2.45, 2.75) is 25.7 Å². The van der Waals surface area contributed by atoms with Crippen molar-refractivity contribution in [2.75, 3.05) is 62.2 Å². The fraction of sp³-hybridized carbons (Fsp3) is 0.632. The molecule has 0 bridgehead atoms. The summed E-state index contributed by atoms with van der Waals surface area (Å²) in [6.07, 6.45) is 4.82. The Kier molecular flexibility index (Phi) is 4.15. The van der Waals surface area contributed by atoms with Crippen LogP contribution in [0.1, 0.15) is 25.7 Å². The largest absolute Gasteiger partial charge is 0.354 e. The molecule has 4 aliphatic heterocycles. The monoisotopic (exact) mass is 355 g/mol. The van der Waals surface area contributed by atoms with E-state index in [1.165, 1.54) is 37.6 Å². The SMILES string of the molecule is c1cc(N2CCC[N+]3=C2NCCC3)nc(N2CCC[N+]3=C2NCCC3)c1. The lowest BCUT2D eigenvalue weighted by atomic mass is 10.2. The lowest BCUT2D eigenvalue weighted by Gasteiger charge is -2.31. The fourth-order valence-corrected chi connectivity index (χ4v) is 4.55. The molecule has 7 nitrogen and oxygen atoms in total. The van der Waals surface area contributed by atoms with E-state index in [9.17, 15) is 0 Å². The molecule has 0 radical (unpaired) electrons. The van der Waals surface area contributed by atoms with Gasteiger partial charge in [-0.2, -0.15) is 4.98 Å². The van der Waals surface area contributed by atoms with Crippen LogP contribution in [0.3, 0.4) is 0 Å². The lowest BCUT2D eigenvalue weighted by molar-refractivity contribution is -0.538. The highest BCUT2D eigenvalue weighted by molar-refractivity contribution is 5.94. The van der Waals surface area contributed by atoms with E-state index in [1.54, 1.807) is 0 Å². The van der Waals surface area contributed by atoms with Crippen molar-refractivity contribution < 1.29 is 9.15 Å². The summed E-state index contributed by atoms with van der Waals surface area (Å²) in [6, 6.07) is 6.45. The van der Waals surface area contributed by atoms with Crippen molar-refractivity contribution in [3.63, 3.8) is 0 Å². The first-order chi connectivity index (χ1) is 12.9. The maximum absolute atomic E-state index is 5.08. The van der Waals surface area contributed by atoms with Crippen LogP contribution in [0.2, 0.25) is 0 Å². The zero-order chi connectivity index (χ0) is 17.3. The highest BCUT2D eigenvalue weighted by atomic mass is 15.4. The predicted octanol–water partition coefficient (Wildman–Crippen LogP) is 0.225. The molecule has 0 spiro atoms. The van der Waals surface area contributed by atoms with Gasteiger partial charge in [0, 0.05) is 25.7 Å². The molecule has 7 heteroatoms. The van der Waals surface area contributed by atoms with Gasteiger partial charge in [-0.1, -0.05) is 6.07 Å². The van der Waals surface area contributed by atoms with Gasteiger partial charge in [-0.3, -0.25) is 19.8 Å². The first kappa shape index (κ1) is 15.9. The summed E-state index contributed by atoms with van der Waals surface area (Å²) in [7, 11) is 0. The first-order valence-corrected chi connectivity index (χ1v) is 10.1. The quantitative estimate of drug-likeness (QED) is 0.744. The third kappa shape index (κ3) is 2.79. The van der Waals surface area contributed by atoms with E-state index in [-0.39, 0.29) is 0 Å². The maximum Gasteiger partial charge on any atom is 0.354 e. The van der Waals surface area contributed by atoms with Crippen molar-refractivity contribution in [1.29, 1.82) is 0 Å². The number of hydrogen-bond donors (Lipinski definition) is 2. The fourth-order valence-electron chi connectivity index (χ4n) is 4.55. The molecule has 0 amide bonds. The molecule has 2 N–H and O–H groups in total. The van der Waals surface area contributed by atoms with Crippen molar-refractivity contribution >= 4 is 23.6 Å². The molecule has 0 unspecified atom stereocenters. The van der Waals surface area contributed by atoms with E-state index in [4.69, 9.17) is 4.98 Å². The summed E-state index contributed by atoms with van der Waals surface area (Å²) in [5, 5.41) is 7.21. The number of aromatic nitrogens is 1. The third-order valence-electron chi connectivity index (χ3n) is 5.78. The minimum atomic E-state index is 1.04. The predicted molar refractivity (Wildman–Crippen MR) is 103 cm³/mol. The average Bonchev–Trinajstić information content (AvgIpc) is 2.73. The van der Waals surface area contributed by atoms with Gasteiger partial charge in [0.1, 0.15) is 0 Å². The highest BCUT2D eigenvalue weighted by Crippen LogP contribution is 2.22. The van der Waals surface area contributed by atoms with Crippen LogP contribution in [0.4, 0.5) is 11.6 Å². The van der Waals surface area contributed by atoms with Gasteiger partial charge in [0.25, 0.3) is 0 Å². The van der Waals surface area contributed by atoms with Crippen molar-refractivity contribution in [3.8, 4) is 0 Å². The number of pyridine rings is 1. The van der Waals surface area contributed by atoms with Gasteiger partial charge in [-0.15, -0.1) is 0 Å². The Bertz CT molecular complexity index is 687. The van der Waals surface area contributed by atoms with Crippen LogP contribution in [0, 0.1) is 0 Å². The van der Waals surface area contributed by atoms with Crippen LogP contribution in [0.25, 0.3) is 0 Å². The van der Waals surface area contributed by atoms with Gasteiger partial charge in [0.2, 0.25) is 0 Å². The third-order valence-corrected chi connectivity index (χ3v) is 5.78. The van der Waals surface area contributed by atoms with Gasteiger partial charge in [0.15, 0.2) is 11.6 Å². The number of rotatable bonds is 2. The van der Waals surface area contributed by atoms with Crippen LogP contribution >= 0.6 is 0 Å². The van der Waals surface area contributed by atoms with E-state index in [0.29, 0.717) is 0 Å². The van der Waals surface area contributed by atoms with E-state index in [0.717, 1.165) is 64.0 Å². The van der Waals surface area contributed by atoms with Gasteiger partial charge in [0.05, 0.1) is 52.4 Å². The zero-order valence-corrected chi connectivity index (χ0v) is 15.5. The van der Waals surface area contributed by atoms with Gasteiger partial charge >= 0.3 is 11.9 Å². The number of nitrogens with one attached hydrogen (secondary N) is 2. The number of guanidine groups is 2. The average molecular weight is 355 g/mol. The second kappa shape index (κ2) is 6.78. The van der Waals surface area contributed by atoms with Crippen molar-refractivity contribution in [1.82, 2.24) is 15.6 Å². The second-order valence-electron chi connectivity index (χ2n) is 7.55. The van der Waals surface area contributed by atoms with Gasteiger partial charge in [-0.25, -0.2) is 9.80 Å². The number of hydrogen-bond acceptors (Lipinski definition) is 5. The summed E-state index contributed by atoms with van der Waals surface area (Å²) in [6.45, 7) is 8.81. The molecule has 0 aliphatic carbocycles. The number of nitrogens with zero attached hydrogens (tertiary/aromatic N) is 5. The molecule has 1 aromatic rings. The van der Waals surface area contributed by atoms with E-state index in [1.807, 2.05) is 0 Å². The molecule has 0 fully saturated rings. The summed E-state index contributed by atoms with van der Waals surface area (Å²) in [5.74, 6) is 4.61. The van der Waals surface area contributed by atoms with Gasteiger partial charge < -0.3 is 0 Å². The highest BCUT2D eigenvalue weighted by Gasteiger charge is 2.34. The minimum absolute atomic E-state index is 1.04. The Morgan fingerprint density at radius 3 is 1.77 bits per heavy atom. The molecule has 4 aliphatic rings.